The van der Waals surface area contributed by atoms with Gasteiger partial charge >= 0.3 is 0 Å². The summed E-state index contributed by atoms with van der Waals surface area (Å²) < 4.78 is 0. The normalized spacial score (nSPS) is 16.6. The molecule has 1 atom stereocenters. The molecule has 2 amide bonds. The fourth-order valence-electron chi connectivity index (χ4n) is 2.88. The number of hydrogen-bond donors (Lipinski definition) is 1. The highest BCUT2D eigenvalue weighted by molar-refractivity contribution is 6.31. The summed E-state index contributed by atoms with van der Waals surface area (Å²) in [6.45, 7) is 2.18. The number of halogens is 1. The van der Waals surface area contributed by atoms with E-state index >= 15 is 0 Å². The molecule has 0 bridgehead atoms. The first kappa shape index (κ1) is 17.0. The van der Waals surface area contributed by atoms with Crippen LogP contribution in [0.1, 0.15) is 17.5 Å². The third-order valence-electron chi connectivity index (χ3n) is 4.31. The van der Waals surface area contributed by atoms with E-state index in [-0.39, 0.29) is 18.2 Å². The average Bonchev–Trinajstić information content (AvgIpc) is 3.00. The molecule has 1 saturated heterocycles. The molecule has 1 aliphatic heterocycles. The number of hydrogen-bond acceptors (Lipinski definition) is 3. The van der Waals surface area contributed by atoms with Crippen LogP contribution < -0.4 is 10.2 Å². The minimum Gasteiger partial charge on any atom is -0.326 e. The van der Waals surface area contributed by atoms with E-state index in [0.717, 1.165) is 11.3 Å². The molecule has 3 rings (SSSR count). The molecule has 0 saturated carbocycles. The van der Waals surface area contributed by atoms with Crippen LogP contribution >= 0.6 is 11.6 Å². The molecule has 1 unspecified atom stereocenters. The molecule has 1 aliphatic rings. The second kappa shape index (κ2) is 6.96. The van der Waals surface area contributed by atoms with Gasteiger partial charge in [-0.1, -0.05) is 17.7 Å². The maximum Gasteiger partial charge on any atom is 0.229 e. The summed E-state index contributed by atoms with van der Waals surface area (Å²) in [6, 6.07) is 14.0. The number of nitriles is 1. The van der Waals surface area contributed by atoms with E-state index in [2.05, 4.69) is 5.32 Å². The Morgan fingerprint density at radius 1 is 1.28 bits per heavy atom. The zero-order chi connectivity index (χ0) is 18.0. The summed E-state index contributed by atoms with van der Waals surface area (Å²) in [5, 5.41) is 12.2. The van der Waals surface area contributed by atoms with Crippen LogP contribution in [0.2, 0.25) is 5.02 Å². The Kier molecular flexibility index (Phi) is 4.73. The first-order valence-electron chi connectivity index (χ1n) is 7.86. The zero-order valence-electron chi connectivity index (χ0n) is 13.6. The molecule has 0 aliphatic carbocycles. The fourth-order valence-corrected chi connectivity index (χ4v) is 3.05. The van der Waals surface area contributed by atoms with Gasteiger partial charge in [0.05, 0.1) is 17.6 Å². The maximum atomic E-state index is 12.5. The van der Waals surface area contributed by atoms with E-state index in [1.807, 2.05) is 19.1 Å². The monoisotopic (exact) mass is 353 g/mol. The molecule has 1 heterocycles. The second-order valence-corrected chi connectivity index (χ2v) is 6.37. The maximum absolute atomic E-state index is 12.5. The van der Waals surface area contributed by atoms with Gasteiger partial charge < -0.3 is 10.2 Å². The standard InChI is InChI=1S/C19H16ClN3O2/c1-12-16(20)3-2-4-17(12)23-11-14(9-18(23)24)19(25)22-15-7-5-13(10-21)6-8-15/h2-8,14H,9,11H2,1H3,(H,22,25). The highest BCUT2D eigenvalue weighted by Gasteiger charge is 2.35. The Bertz CT molecular complexity index is 871. The van der Waals surface area contributed by atoms with Crippen molar-refractivity contribution in [1.82, 2.24) is 0 Å². The van der Waals surface area contributed by atoms with Gasteiger partial charge in [0.1, 0.15) is 0 Å². The SMILES string of the molecule is Cc1c(Cl)cccc1N1CC(C(=O)Nc2ccc(C#N)cc2)CC1=O. The lowest BCUT2D eigenvalue weighted by Crippen LogP contribution is -2.28. The molecule has 0 spiro atoms. The number of anilines is 2. The van der Waals surface area contributed by atoms with Gasteiger partial charge in [0.25, 0.3) is 0 Å². The van der Waals surface area contributed by atoms with Crippen LogP contribution in [0.4, 0.5) is 11.4 Å². The van der Waals surface area contributed by atoms with Crippen molar-refractivity contribution in [2.75, 3.05) is 16.8 Å². The molecule has 0 aromatic heterocycles. The van der Waals surface area contributed by atoms with Crippen LogP contribution in [0.3, 0.4) is 0 Å². The molecule has 1 N–H and O–H groups in total. The second-order valence-electron chi connectivity index (χ2n) is 5.97. The van der Waals surface area contributed by atoms with Gasteiger partial charge in [-0.2, -0.15) is 5.26 Å². The van der Waals surface area contributed by atoms with Crippen LogP contribution in [-0.4, -0.2) is 18.4 Å². The van der Waals surface area contributed by atoms with Crippen molar-refractivity contribution in [3.05, 3.63) is 58.6 Å². The summed E-state index contributed by atoms with van der Waals surface area (Å²) in [7, 11) is 0. The van der Waals surface area contributed by atoms with E-state index in [9.17, 15) is 9.59 Å². The van der Waals surface area contributed by atoms with Crippen LogP contribution in [0.25, 0.3) is 0 Å². The molecular formula is C19H16ClN3O2. The third kappa shape index (κ3) is 3.49. The van der Waals surface area contributed by atoms with E-state index < -0.39 is 5.92 Å². The van der Waals surface area contributed by atoms with Crippen molar-refractivity contribution < 1.29 is 9.59 Å². The van der Waals surface area contributed by atoms with Crippen molar-refractivity contribution >= 4 is 34.8 Å². The predicted octanol–water partition coefficient (Wildman–Crippen LogP) is 3.51. The van der Waals surface area contributed by atoms with Gasteiger partial charge in [-0.25, -0.2) is 0 Å². The molecule has 1 fully saturated rings. The van der Waals surface area contributed by atoms with Crippen LogP contribution in [0, 0.1) is 24.2 Å². The quantitative estimate of drug-likeness (QED) is 0.917. The Hall–Kier alpha value is -2.84. The van der Waals surface area contributed by atoms with Gasteiger partial charge in [0, 0.05) is 29.4 Å². The lowest BCUT2D eigenvalue weighted by molar-refractivity contribution is -0.122. The van der Waals surface area contributed by atoms with Gasteiger partial charge in [0.15, 0.2) is 0 Å². The summed E-state index contributed by atoms with van der Waals surface area (Å²) >= 11 is 6.13. The van der Waals surface area contributed by atoms with Crippen molar-refractivity contribution in [3.63, 3.8) is 0 Å². The lowest BCUT2D eigenvalue weighted by atomic mass is 10.1. The molecule has 5 nitrogen and oxygen atoms in total. The first-order valence-corrected chi connectivity index (χ1v) is 8.24. The predicted molar refractivity (Wildman–Crippen MR) is 96.4 cm³/mol. The van der Waals surface area contributed by atoms with Crippen molar-refractivity contribution in [2.45, 2.75) is 13.3 Å². The molecule has 2 aromatic rings. The van der Waals surface area contributed by atoms with E-state index in [4.69, 9.17) is 16.9 Å². The Morgan fingerprint density at radius 3 is 2.68 bits per heavy atom. The summed E-state index contributed by atoms with van der Waals surface area (Å²) in [6.07, 6.45) is 0.161. The number of carbonyl (C=O) groups excluding carboxylic acids is 2. The fraction of sp³-hybridized carbons (Fsp3) is 0.211. The topological polar surface area (TPSA) is 73.2 Å². The number of benzene rings is 2. The number of rotatable bonds is 3. The van der Waals surface area contributed by atoms with Crippen LogP contribution in [-0.2, 0) is 9.59 Å². The minimum absolute atomic E-state index is 0.0923. The number of amides is 2. The lowest BCUT2D eigenvalue weighted by Gasteiger charge is -2.19. The highest BCUT2D eigenvalue weighted by Crippen LogP contribution is 2.31. The van der Waals surface area contributed by atoms with Crippen LogP contribution in [0.15, 0.2) is 42.5 Å². The number of nitrogens with zero attached hydrogens (tertiary/aromatic N) is 2. The van der Waals surface area contributed by atoms with Crippen molar-refractivity contribution in [1.29, 1.82) is 5.26 Å². The largest absolute Gasteiger partial charge is 0.326 e. The molecular weight excluding hydrogens is 338 g/mol. The summed E-state index contributed by atoms with van der Waals surface area (Å²) in [5.74, 6) is -0.730. The van der Waals surface area contributed by atoms with Gasteiger partial charge in [-0.15, -0.1) is 0 Å². The van der Waals surface area contributed by atoms with E-state index in [1.165, 1.54) is 0 Å². The molecule has 2 aromatic carbocycles. The first-order chi connectivity index (χ1) is 12.0. The summed E-state index contributed by atoms with van der Waals surface area (Å²) in [4.78, 5) is 26.4. The number of carbonyl (C=O) groups is 2. The molecule has 6 heteroatoms. The minimum atomic E-state index is -0.429. The summed E-state index contributed by atoms with van der Waals surface area (Å²) in [5.41, 5.74) is 2.70. The molecule has 126 valence electrons. The van der Waals surface area contributed by atoms with E-state index in [1.54, 1.807) is 41.3 Å². The zero-order valence-corrected chi connectivity index (χ0v) is 14.4. The van der Waals surface area contributed by atoms with Gasteiger partial charge in [-0.3, -0.25) is 9.59 Å². The van der Waals surface area contributed by atoms with Gasteiger partial charge in [-0.05, 0) is 48.9 Å². The molecule has 25 heavy (non-hydrogen) atoms. The van der Waals surface area contributed by atoms with E-state index in [0.29, 0.717) is 22.8 Å². The Morgan fingerprint density at radius 2 is 2.00 bits per heavy atom. The Balaban J connectivity index is 1.72. The van der Waals surface area contributed by atoms with Crippen molar-refractivity contribution in [2.24, 2.45) is 5.92 Å². The van der Waals surface area contributed by atoms with Gasteiger partial charge in [0.2, 0.25) is 11.8 Å². The highest BCUT2D eigenvalue weighted by atomic mass is 35.5. The smallest absolute Gasteiger partial charge is 0.229 e. The number of nitrogens with one attached hydrogen (secondary N) is 1. The Labute approximate surface area is 150 Å². The average molecular weight is 354 g/mol. The van der Waals surface area contributed by atoms with Crippen molar-refractivity contribution in [3.8, 4) is 6.07 Å². The van der Waals surface area contributed by atoms with Crippen LogP contribution in [0.5, 0.6) is 0 Å². The molecule has 0 radical (unpaired) electrons. The third-order valence-corrected chi connectivity index (χ3v) is 4.72.